The van der Waals surface area contributed by atoms with Crippen LogP contribution in [0.4, 0.5) is 5.69 Å². The van der Waals surface area contributed by atoms with Gasteiger partial charge in [-0.3, -0.25) is 0 Å². The summed E-state index contributed by atoms with van der Waals surface area (Å²) in [5.41, 5.74) is 5.78. The van der Waals surface area contributed by atoms with E-state index in [0.717, 1.165) is 4.90 Å². The molecule has 0 saturated carbocycles. The molecule has 2 aromatic rings. The van der Waals surface area contributed by atoms with E-state index < -0.39 is 11.9 Å². The van der Waals surface area contributed by atoms with Gasteiger partial charge in [-0.05, 0) is 42.5 Å². The second-order valence-electron chi connectivity index (χ2n) is 3.99. The van der Waals surface area contributed by atoms with Crippen LogP contribution in [0, 0.1) is 0 Å². The molecule has 4 N–H and O–H groups in total. The molecule has 0 atom stereocenters. The van der Waals surface area contributed by atoms with Gasteiger partial charge in [0, 0.05) is 15.5 Å². The van der Waals surface area contributed by atoms with Crippen molar-refractivity contribution in [2.75, 3.05) is 5.73 Å². The number of benzene rings is 2. The number of nitrogens with two attached hydrogens (primary N) is 1. The lowest BCUT2D eigenvalue weighted by Gasteiger charge is -2.06. The van der Waals surface area contributed by atoms with Gasteiger partial charge in [0.15, 0.2) is 0 Å². The second-order valence-corrected chi connectivity index (χ2v) is 5.14. The number of aromatic carboxylic acids is 2. The molecular weight excluding hydrogens is 278 g/mol. The van der Waals surface area contributed by atoms with E-state index in [-0.39, 0.29) is 11.1 Å². The van der Waals surface area contributed by atoms with Gasteiger partial charge >= 0.3 is 11.9 Å². The summed E-state index contributed by atoms with van der Waals surface area (Å²) >= 11 is 1.34. The van der Waals surface area contributed by atoms with Gasteiger partial charge in [0.2, 0.25) is 0 Å². The maximum absolute atomic E-state index is 11.1. The highest BCUT2D eigenvalue weighted by molar-refractivity contribution is 7.99. The van der Waals surface area contributed by atoms with Gasteiger partial charge in [-0.25, -0.2) is 9.59 Å². The van der Waals surface area contributed by atoms with Gasteiger partial charge in [-0.1, -0.05) is 11.8 Å². The third-order valence-corrected chi connectivity index (χ3v) is 3.57. The zero-order valence-corrected chi connectivity index (χ0v) is 11.1. The van der Waals surface area contributed by atoms with E-state index in [2.05, 4.69) is 0 Å². The van der Waals surface area contributed by atoms with Gasteiger partial charge in [0.25, 0.3) is 0 Å². The standard InChI is InChI=1S/C14H11NO4S/c15-8-1-3-9(4-2-8)20-10-5-6-11(13(16)17)12(7-10)14(18)19/h1-7H,15H2,(H,16,17)(H,18,19). The van der Waals surface area contributed by atoms with Crippen LogP contribution in [-0.2, 0) is 0 Å². The summed E-state index contributed by atoms with van der Waals surface area (Å²) in [6.07, 6.45) is 0. The monoisotopic (exact) mass is 289 g/mol. The van der Waals surface area contributed by atoms with Gasteiger partial charge in [-0.2, -0.15) is 0 Å². The number of hydrogen-bond acceptors (Lipinski definition) is 4. The summed E-state index contributed by atoms with van der Waals surface area (Å²) in [4.78, 5) is 23.6. The molecule has 0 heterocycles. The zero-order chi connectivity index (χ0) is 14.7. The number of nitrogen functional groups attached to an aromatic ring is 1. The van der Waals surface area contributed by atoms with Crippen molar-refractivity contribution in [1.82, 2.24) is 0 Å². The van der Waals surface area contributed by atoms with Crippen molar-refractivity contribution >= 4 is 29.4 Å². The number of carbonyl (C=O) groups is 2. The molecule has 20 heavy (non-hydrogen) atoms. The van der Waals surface area contributed by atoms with Crippen LogP contribution in [0.25, 0.3) is 0 Å². The second kappa shape index (κ2) is 5.66. The Morgan fingerprint density at radius 3 is 1.95 bits per heavy atom. The molecule has 6 heteroatoms. The Kier molecular flexibility index (Phi) is 3.95. The van der Waals surface area contributed by atoms with Crippen LogP contribution in [0.15, 0.2) is 52.3 Å². The summed E-state index contributed by atoms with van der Waals surface area (Å²) in [6, 6.07) is 11.3. The largest absolute Gasteiger partial charge is 0.478 e. The van der Waals surface area contributed by atoms with E-state index in [1.165, 1.54) is 23.9 Å². The molecule has 0 aliphatic carbocycles. The average molecular weight is 289 g/mol. The number of carboxylic acid groups (broad SMARTS) is 2. The fraction of sp³-hybridized carbons (Fsp3) is 0. The molecule has 2 aromatic carbocycles. The van der Waals surface area contributed by atoms with E-state index in [4.69, 9.17) is 15.9 Å². The van der Waals surface area contributed by atoms with Crippen molar-refractivity contribution in [3.63, 3.8) is 0 Å². The van der Waals surface area contributed by atoms with Crippen molar-refractivity contribution in [3.05, 3.63) is 53.6 Å². The normalized spacial score (nSPS) is 10.2. The number of anilines is 1. The van der Waals surface area contributed by atoms with Crippen LogP contribution in [-0.4, -0.2) is 22.2 Å². The molecule has 0 aliphatic rings. The Morgan fingerprint density at radius 2 is 1.40 bits per heavy atom. The molecule has 0 unspecified atom stereocenters. The molecule has 0 amide bonds. The Bertz CT molecular complexity index is 667. The smallest absolute Gasteiger partial charge is 0.336 e. The number of carboxylic acids is 2. The number of hydrogen-bond donors (Lipinski definition) is 3. The minimum absolute atomic E-state index is 0.223. The first kappa shape index (κ1) is 14.0. The number of rotatable bonds is 4. The lowest BCUT2D eigenvalue weighted by molar-refractivity contribution is 0.0651. The molecule has 0 radical (unpaired) electrons. The zero-order valence-electron chi connectivity index (χ0n) is 10.2. The van der Waals surface area contributed by atoms with Crippen molar-refractivity contribution < 1.29 is 19.8 Å². The Morgan fingerprint density at radius 1 is 0.850 bits per heavy atom. The fourth-order valence-corrected chi connectivity index (χ4v) is 2.48. The predicted molar refractivity (Wildman–Crippen MR) is 75.3 cm³/mol. The third kappa shape index (κ3) is 3.10. The van der Waals surface area contributed by atoms with Crippen LogP contribution in [0.2, 0.25) is 0 Å². The van der Waals surface area contributed by atoms with Gasteiger partial charge in [-0.15, -0.1) is 0 Å². The highest BCUT2D eigenvalue weighted by Gasteiger charge is 2.16. The Labute approximate surface area is 119 Å². The van der Waals surface area contributed by atoms with Crippen LogP contribution in [0.1, 0.15) is 20.7 Å². The summed E-state index contributed by atoms with van der Waals surface area (Å²) in [6.45, 7) is 0. The predicted octanol–water partition coefficient (Wildman–Crippen LogP) is 2.82. The van der Waals surface area contributed by atoms with E-state index in [9.17, 15) is 9.59 Å². The van der Waals surface area contributed by atoms with Gasteiger partial charge in [0.05, 0.1) is 11.1 Å². The van der Waals surface area contributed by atoms with E-state index >= 15 is 0 Å². The van der Waals surface area contributed by atoms with Crippen molar-refractivity contribution in [1.29, 1.82) is 0 Å². The van der Waals surface area contributed by atoms with Crippen molar-refractivity contribution in [2.24, 2.45) is 0 Å². The van der Waals surface area contributed by atoms with Crippen LogP contribution >= 0.6 is 11.8 Å². The minimum atomic E-state index is -1.26. The molecule has 0 bridgehead atoms. The molecule has 5 nitrogen and oxygen atoms in total. The quantitative estimate of drug-likeness (QED) is 0.748. The minimum Gasteiger partial charge on any atom is -0.478 e. The highest BCUT2D eigenvalue weighted by atomic mass is 32.2. The molecular formula is C14H11NO4S. The fourth-order valence-electron chi connectivity index (χ4n) is 1.62. The van der Waals surface area contributed by atoms with Crippen LogP contribution < -0.4 is 5.73 Å². The highest BCUT2D eigenvalue weighted by Crippen LogP contribution is 2.29. The van der Waals surface area contributed by atoms with Crippen molar-refractivity contribution in [3.8, 4) is 0 Å². The first-order chi connectivity index (χ1) is 9.47. The maximum Gasteiger partial charge on any atom is 0.336 e. The molecule has 0 spiro atoms. The van der Waals surface area contributed by atoms with Crippen LogP contribution in [0.5, 0.6) is 0 Å². The Balaban J connectivity index is 2.34. The first-order valence-corrected chi connectivity index (χ1v) is 6.43. The van der Waals surface area contributed by atoms with Gasteiger partial charge in [0.1, 0.15) is 0 Å². The summed E-state index contributed by atoms with van der Waals surface area (Å²) < 4.78 is 0. The van der Waals surface area contributed by atoms with E-state index in [0.29, 0.717) is 10.6 Å². The summed E-state index contributed by atoms with van der Waals surface area (Å²) in [5, 5.41) is 18.0. The molecule has 2 rings (SSSR count). The molecule has 0 aromatic heterocycles. The van der Waals surface area contributed by atoms with Crippen molar-refractivity contribution in [2.45, 2.75) is 9.79 Å². The summed E-state index contributed by atoms with van der Waals surface area (Å²) in [5.74, 6) is -2.52. The SMILES string of the molecule is Nc1ccc(Sc2ccc(C(=O)O)c(C(=O)O)c2)cc1. The maximum atomic E-state index is 11.1. The van der Waals surface area contributed by atoms with Crippen LogP contribution in [0.3, 0.4) is 0 Å². The topological polar surface area (TPSA) is 101 Å². The lowest BCUT2D eigenvalue weighted by Crippen LogP contribution is -2.07. The molecule has 102 valence electrons. The molecule has 0 fully saturated rings. The lowest BCUT2D eigenvalue weighted by atomic mass is 10.1. The Hall–Kier alpha value is -2.47. The molecule has 0 aliphatic heterocycles. The molecule has 0 saturated heterocycles. The van der Waals surface area contributed by atoms with E-state index in [1.807, 2.05) is 12.1 Å². The summed E-state index contributed by atoms with van der Waals surface area (Å²) in [7, 11) is 0. The third-order valence-electron chi connectivity index (χ3n) is 2.57. The van der Waals surface area contributed by atoms with Gasteiger partial charge < -0.3 is 15.9 Å². The first-order valence-electron chi connectivity index (χ1n) is 5.61. The van der Waals surface area contributed by atoms with E-state index in [1.54, 1.807) is 18.2 Å². The average Bonchev–Trinajstić information content (AvgIpc) is 2.41.